The summed E-state index contributed by atoms with van der Waals surface area (Å²) in [6.07, 6.45) is 2.10. The fraction of sp³-hybridized carbons (Fsp3) is 0.318. The molecule has 4 rings (SSSR count). The van der Waals surface area contributed by atoms with Gasteiger partial charge >= 0.3 is 0 Å². The van der Waals surface area contributed by atoms with Crippen molar-refractivity contribution in [3.05, 3.63) is 66.0 Å². The predicted octanol–water partition coefficient (Wildman–Crippen LogP) is 3.07. The number of likely N-dealkylation sites (tertiary alicyclic amines) is 1. The molecule has 6 heteroatoms. The molecule has 1 atom stereocenters. The molecule has 0 radical (unpaired) electrons. The molecule has 2 aromatic carbocycles. The minimum absolute atomic E-state index is 0.0374. The van der Waals surface area contributed by atoms with Crippen LogP contribution in [0.15, 0.2) is 54.6 Å². The maximum absolute atomic E-state index is 12.9. The molecule has 1 saturated heterocycles. The van der Waals surface area contributed by atoms with Gasteiger partial charge in [0, 0.05) is 19.1 Å². The van der Waals surface area contributed by atoms with Gasteiger partial charge in [0.2, 0.25) is 0 Å². The van der Waals surface area contributed by atoms with E-state index in [1.54, 1.807) is 4.68 Å². The normalized spacial score (nSPS) is 16.9. The van der Waals surface area contributed by atoms with Crippen LogP contribution in [0.5, 0.6) is 0 Å². The van der Waals surface area contributed by atoms with E-state index in [0.29, 0.717) is 18.3 Å². The maximum atomic E-state index is 12.9. The maximum Gasteiger partial charge on any atom is 0.276 e. The SMILES string of the molecule is CNC1CCCN(C(=O)c2nnn(-c3ccc(-c4ccccc4)cc3)c2C)C1. The van der Waals surface area contributed by atoms with E-state index in [1.807, 2.05) is 49.2 Å². The summed E-state index contributed by atoms with van der Waals surface area (Å²) >= 11 is 0. The highest BCUT2D eigenvalue weighted by Gasteiger charge is 2.27. The standard InChI is InChI=1S/C22H25N5O/c1-16-21(22(28)26-14-6-9-19(15-26)23-2)24-25-27(16)20-12-10-18(11-13-20)17-7-4-3-5-8-17/h3-5,7-8,10-13,19,23H,6,9,14-15H2,1-2H3. The minimum atomic E-state index is -0.0374. The first-order valence-corrected chi connectivity index (χ1v) is 9.72. The number of amides is 1. The van der Waals surface area contributed by atoms with Crippen LogP contribution in [0.25, 0.3) is 16.8 Å². The molecule has 0 saturated carbocycles. The molecular weight excluding hydrogens is 350 g/mol. The molecule has 1 fully saturated rings. The van der Waals surface area contributed by atoms with Crippen molar-refractivity contribution < 1.29 is 4.79 Å². The number of nitrogens with zero attached hydrogens (tertiary/aromatic N) is 4. The number of aromatic nitrogens is 3. The van der Waals surface area contributed by atoms with Crippen LogP contribution < -0.4 is 5.32 Å². The van der Waals surface area contributed by atoms with Gasteiger partial charge in [-0.3, -0.25) is 4.79 Å². The second-order valence-corrected chi connectivity index (χ2v) is 7.23. The molecule has 144 valence electrons. The van der Waals surface area contributed by atoms with Gasteiger partial charge in [-0.25, -0.2) is 4.68 Å². The van der Waals surface area contributed by atoms with Crippen molar-refractivity contribution in [3.63, 3.8) is 0 Å². The Balaban J connectivity index is 1.56. The molecule has 6 nitrogen and oxygen atoms in total. The van der Waals surface area contributed by atoms with Crippen molar-refractivity contribution in [2.75, 3.05) is 20.1 Å². The monoisotopic (exact) mass is 375 g/mol. The smallest absolute Gasteiger partial charge is 0.276 e. The zero-order valence-electron chi connectivity index (χ0n) is 16.3. The summed E-state index contributed by atoms with van der Waals surface area (Å²) in [5.41, 5.74) is 4.41. The number of piperidine rings is 1. The summed E-state index contributed by atoms with van der Waals surface area (Å²) in [4.78, 5) is 14.8. The third kappa shape index (κ3) is 3.55. The highest BCUT2D eigenvalue weighted by molar-refractivity contribution is 5.93. The van der Waals surface area contributed by atoms with E-state index >= 15 is 0 Å². The molecule has 2 heterocycles. The zero-order valence-corrected chi connectivity index (χ0v) is 16.3. The summed E-state index contributed by atoms with van der Waals surface area (Å²) in [6.45, 7) is 3.39. The quantitative estimate of drug-likeness (QED) is 0.761. The second kappa shape index (κ2) is 7.94. The molecule has 1 aliphatic rings. The average molecular weight is 375 g/mol. The van der Waals surface area contributed by atoms with Crippen LogP contribution in [0.4, 0.5) is 0 Å². The van der Waals surface area contributed by atoms with Gasteiger partial charge in [-0.05, 0) is 50.1 Å². The molecule has 3 aromatic rings. The molecule has 1 aromatic heterocycles. The van der Waals surface area contributed by atoms with Crippen LogP contribution in [0.3, 0.4) is 0 Å². The second-order valence-electron chi connectivity index (χ2n) is 7.23. The Morgan fingerprint density at radius 3 is 2.50 bits per heavy atom. The van der Waals surface area contributed by atoms with E-state index in [1.165, 1.54) is 5.56 Å². The van der Waals surface area contributed by atoms with Crippen LogP contribution in [0.2, 0.25) is 0 Å². The molecule has 0 spiro atoms. The van der Waals surface area contributed by atoms with Gasteiger partial charge in [-0.2, -0.15) is 0 Å². The summed E-state index contributed by atoms with van der Waals surface area (Å²) < 4.78 is 1.74. The molecule has 0 aliphatic carbocycles. The Hall–Kier alpha value is -2.99. The minimum Gasteiger partial charge on any atom is -0.336 e. The van der Waals surface area contributed by atoms with Gasteiger partial charge in [0.1, 0.15) is 0 Å². The van der Waals surface area contributed by atoms with Crippen molar-refractivity contribution in [2.45, 2.75) is 25.8 Å². The third-order valence-corrected chi connectivity index (χ3v) is 5.43. The molecule has 1 aliphatic heterocycles. The Morgan fingerprint density at radius 1 is 1.07 bits per heavy atom. The number of rotatable bonds is 4. The van der Waals surface area contributed by atoms with E-state index < -0.39 is 0 Å². The first-order chi connectivity index (χ1) is 13.7. The summed E-state index contributed by atoms with van der Waals surface area (Å²) in [5.74, 6) is -0.0374. The van der Waals surface area contributed by atoms with Gasteiger partial charge < -0.3 is 10.2 Å². The van der Waals surface area contributed by atoms with Crippen LogP contribution in [-0.2, 0) is 0 Å². The Bertz CT molecular complexity index is 949. The number of carbonyl (C=O) groups excluding carboxylic acids is 1. The molecule has 28 heavy (non-hydrogen) atoms. The molecule has 1 N–H and O–H groups in total. The lowest BCUT2D eigenvalue weighted by Gasteiger charge is -2.32. The number of nitrogens with one attached hydrogen (secondary N) is 1. The number of benzene rings is 2. The van der Waals surface area contributed by atoms with E-state index in [2.05, 4.69) is 39.9 Å². The summed E-state index contributed by atoms with van der Waals surface area (Å²) in [7, 11) is 1.94. The first-order valence-electron chi connectivity index (χ1n) is 9.72. The first kappa shape index (κ1) is 18.4. The van der Waals surface area contributed by atoms with Crippen molar-refractivity contribution in [3.8, 4) is 16.8 Å². The number of hydrogen-bond acceptors (Lipinski definition) is 4. The molecule has 1 amide bonds. The Morgan fingerprint density at radius 2 is 1.79 bits per heavy atom. The lowest BCUT2D eigenvalue weighted by molar-refractivity contribution is 0.0691. The number of carbonyl (C=O) groups is 1. The largest absolute Gasteiger partial charge is 0.336 e. The van der Waals surface area contributed by atoms with Crippen molar-refractivity contribution in [1.82, 2.24) is 25.2 Å². The fourth-order valence-corrected chi connectivity index (χ4v) is 3.74. The van der Waals surface area contributed by atoms with Gasteiger partial charge in [0.15, 0.2) is 5.69 Å². The Labute approximate surface area is 165 Å². The van der Waals surface area contributed by atoms with Crippen LogP contribution in [-0.4, -0.2) is 52.0 Å². The lowest BCUT2D eigenvalue weighted by Crippen LogP contribution is -2.47. The van der Waals surface area contributed by atoms with Crippen molar-refractivity contribution in [2.24, 2.45) is 0 Å². The van der Waals surface area contributed by atoms with Gasteiger partial charge in [0.05, 0.1) is 11.4 Å². The predicted molar refractivity (Wildman–Crippen MR) is 110 cm³/mol. The van der Waals surface area contributed by atoms with Gasteiger partial charge in [0.25, 0.3) is 5.91 Å². The molecule has 1 unspecified atom stereocenters. The Kier molecular flexibility index (Phi) is 5.21. The van der Waals surface area contributed by atoms with Crippen molar-refractivity contribution in [1.29, 1.82) is 0 Å². The van der Waals surface area contributed by atoms with Crippen LogP contribution in [0.1, 0.15) is 29.0 Å². The van der Waals surface area contributed by atoms with Crippen molar-refractivity contribution >= 4 is 5.91 Å². The van der Waals surface area contributed by atoms with Crippen LogP contribution in [0, 0.1) is 6.92 Å². The zero-order chi connectivity index (χ0) is 19.5. The van der Waals surface area contributed by atoms with Crippen LogP contribution >= 0.6 is 0 Å². The lowest BCUT2D eigenvalue weighted by atomic mass is 10.1. The third-order valence-electron chi connectivity index (χ3n) is 5.43. The highest BCUT2D eigenvalue weighted by Crippen LogP contribution is 2.22. The van der Waals surface area contributed by atoms with E-state index in [0.717, 1.165) is 36.3 Å². The highest BCUT2D eigenvalue weighted by atomic mass is 16.2. The van der Waals surface area contributed by atoms with E-state index in [4.69, 9.17) is 0 Å². The summed E-state index contributed by atoms with van der Waals surface area (Å²) in [6, 6.07) is 18.7. The molecular formula is C22H25N5O. The summed E-state index contributed by atoms with van der Waals surface area (Å²) in [5, 5.41) is 11.7. The van der Waals surface area contributed by atoms with Gasteiger partial charge in [-0.1, -0.05) is 47.7 Å². The van der Waals surface area contributed by atoms with E-state index in [9.17, 15) is 4.79 Å². The molecule has 0 bridgehead atoms. The number of likely N-dealkylation sites (N-methyl/N-ethyl adjacent to an activating group) is 1. The van der Waals surface area contributed by atoms with Gasteiger partial charge in [-0.15, -0.1) is 5.10 Å². The number of hydrogen-bond donors (Lipinski definition) is 1. The van der Waals surface area contributed by atoms with E-state index in [-0.39, 0.29) is 5.91 Å². The fourth-order valence-electron chi connectivity index (χ4n) is 3.74. The topological polar surface area (TPSA) is 63.1 Å². The average Bonchev–Trinajstić information content (AvgIpc) is 3.15.